The maximum absolute atomic E-state index is 11.6. The van der Waals surface area contributed by atoms with Gasteiger partial charge in [-0.15, -0.1) is 0 Å². The molecule has 1 aromatic carbocycles. The van der Waals surface area contributed by atoms with Crippen molar-refractivity contribution in [3.8, 4) is 0 Å². The minimum atomic E-state index is -0.0659. The van der Waals surface area contributed by atoms with Crippen LogP contribution in [-0.2, 0) is 11.2 Å². The molecule has 2 rings (SSSR count). The molecule has 0 unspecified atom stereocenters. The third-order valence-electron chi connectivity index (χ3n) is 2.62. The van der Waals surface area contributed by atoms with Crippen molar-refractivity contribution >= 4 is 23.2 Å². The Labute approximate surface area is 122 Å². The molecule has 0 aliphatic heterocycles. The Balaban J connectivity index is 1.67. The summed E-state index contributed by atoms with van der Waals surface area (Å²) in [7, 11) is 0. The first-order valence-corrected chi connectivity index (χ1v) is 6.63. The van der Waals surface area contributed by atoms with Crippen LogP contribution in [0.25, 0.3) is 0 Å². The summed E-state index contributed by atoms with van der Waals surface area (Å²) in [5.41, 5.74) is 1.72. The van der Waals surface area contributed by atoms with E-state index in [9.17, 15) is 4.79 Å². The smallest absolute Gasteiger partial charge is 0.239 e. The maximum atomic E-state index is 11.6. The highest BCUT2D eigenvalue weighted by molar-refractivity contribution is 6.30. The maximum Gasteiger partial charge on any atom is 0.239 e. The summed E-state index contributed by atoms with van der Waals surface area (Å²) in [6.07, 6.45) is 5.62. The van der Waals surface area contributed by atoms with Crippen LogP contribution < -0.4 is 10.6 Å². The van der Waals surface area contributed by atoms with Gasteiger partial charge >= 0.3 is 0 Å². The van der Waals surface area contributed by atoms with Crippen molar-refractivity contribution in [2.24, 2.45) is 0 Å². The van der Waals surface area contributed by atoms with Crippen LogP contribution >= 0.6 is 11.6 Å². The van der Waals surface area contributed by atoms with Crippen LogP contribution in [0.2, 0.25) is 5.02 Å². The number of carbonyl (C=O) groups excluding carboxylic acids is 1. The number of hydrogen-bond acceptors (Lipinski definition) is 4. The third kappa shape index (κ3) is 4.85. The van der Waals surface area contributed by atoms with E-state index in [1.807, 2.05) is 12.1 Å². The van der Waals surface area contributed by atoms with Gasteiger partial charge in [0.2, 0.25) is 5.91 Å². The quantitative estimate of drug-likeness (QED) is 0.853. The Morgan fingerprint density at radius 2 is 2.00 bits per heavy atom. The number of aromatic nitrogens is 2. The predicted molar refractivity (Wildman–Crippen MR) is 78.7 cm³/mol. The first-order valence-electron chi connectivity index (χ1n) is 6.25. The van der Waals surface area contributed by atoms with Crippen molar-refractivity contribution in [2.75, 3.05) is 18.4 Å². The van der Waals surface area contributed by atoms with Gasteiger partial charge in [0.15, 0.2) is 0 Å². The molecule has 0 atom stereocenters. The average molecular weight is 291 g/mol. The third-order valence-corrected chi connectivity index (χ3v) is 2.87. The highest BCUT2D eigenvalue weighted by Gasteiger charge is 2.01. The summed E-state index contributed by atoms with van der Waals surface area (Å²) in [5, 5.41) is 6.51. The molecule has 0 aliphatic carbocycles. The summed E-state index contributed by atoms with van der Waals surface area (Å²) in [5.74, 6) is -0.0659. The normalized spacial score (nSPS) is 10.1. The zero-order valence-corrected chi connectivity index (χ0v) is 11.6. The van der Waals surface area contributed by atoms with Crippen LogP contribution in [-0.4, -0.2) is 29.0 Å². The number of nitrogens with one attached hydrogen (secondary N) is 2. The van der Waals surface area contributed by atoms with Gasteiger partial charge in [0.25, 0.3) is 0 Å². The van der Waals surface area contributed by atoms with E-state index in [1.165, 1.54) is 0 Å². The van der Waals surface area contributed by atoms with Crippen molar-refractivity contribution in [1.29, 1.82) is 0 Å². The number of hydrogen-bond donors (Lipinski definition) is 2. The van der Waals surface area contributed by atoms with Crippen molar-refractivity contribution in [2.45, 2.75) is 6.42 Å². The Morgan fingerprint density at radius 1 is 1.20 bits per heavy atom. The summed E-state index contributed by atoms with van der Waals surface area (Å²) < 4.78 is 0. The second-order valence-corrected chi connectivity index (χ2v) is 4.59. The molecule has 0 saturated heterocycles. The second kappa shape index (κ2) is 7.45. The topological polar surface area (TPSA) is 66.9 Å². The van der Waals surface area contributed by atoms with Crippen LogP contribution in [0.15, 0.2) is 42.9 Å². The SMILES string of the molecule is O=C(CNc1ccc(Cl)cc1)NCCc1cnccn1. The molecule has 20 heavy (non-hydrogen) atoms. The Kier molecular flexibility index (Phi) is 5.32. The van der Waals surface area contributed by atoms with Gasteiger partial charge < -0.3 is 10.6 Å². The van der Waals surface area contributed by atoms with Gasteiger partial charge in [-0.3, -0.25) is 14.8 Å². The van der Waals surface area contributed by atoms with Crippen LogP contribution in [0.3, 0.4) is 0 Å². The highest BCUT2D eigenvalue weighted by atomic mass is 35.5. The van der Waals surface area contributed by atoms with Crippen LogP contribution in [0, 0.1) is 0 Å². The van der Waals surface area contributed by atoms with Gasteiger partial charge in [-0.1, -0.05) is 11.6 Å². The standard InChI is InChI=1S/C14H15ClN4O/c15-11-1-3-12(4-2-11)19-10-14(20)18-6-5-13-9-16-7-8-17-13/h1-4,7-9,19H,5-6,10H2,(H,18,20). The zero-order chi connectivity index (χ0) is 14.2. The molecule has 0 bridgehead atoms. The molecule has 0 radical (unpaired) electrons. The van der Waals surface area contributed by atoms with Crippen molar-refractivity contribution < 1.29 is 4.79 Å². The van der Waals surface area contributed by atoms with Crippen LogP contribution in [0.4, 0.5) is 5.69 Å². The van der Waals surface area contributed by atoms with E-state index in [0.717, 1.165) is 11.4 Å². The summed E-state index contributed by atoms with van der Waals surface area (Å²) in [6.45, 7) is 0.766. The molecule has 1 aromatic heterocycles. The molecule has 0 fully saturated rings. The molecule has 1 heterocycles. The van der Waals surface area contributed by atoms with Crippen molar-refractivity contribution in [1.82, 2.24) is 15.3 Å². The lowest BCUT2D eigenvalue weighted by atomic mass is 10.3. The molecule has 0 aliphatic rings. The Bertz CT molecular complexity index is 545. The first kappa shape index (κ1) is 14.3. The lowest BCUT2D eigenvalue weighted by Crippen LogP contribution is -2.31. The van der Waals surface area contributed by atoms with E-state index in [4.69, 9.17) is 11.6 Å². The van der Waals surface area contributed by atoms with Crippen molar-refractivity contribution in [3.63, 3.8) is 0 Å². The van der Waals surface area contributed by atoms with Crippen LogP contribution in [0.5, 0.6) is 0 Å². The van der Waals surface area contributed by atoms with Gasteiger partial charge in [-0.05, 0) is 24.3 Å². The van der Waals surface area contributed by atoms with Gasteiger partial charge in [-0.2, -0.15) is 0 Å². The van der Waals surface area contributed by atoms with Crippen LogP contribution in [0.1, 0.15) is 5.69 Å². The van der Waals surface area contributed by atoms with Crippen molar-refractivity contribution in [3.05, 3.63) is 53.6 Å². The number of halogens is 1. The lowest BCUT2D eigenvalue weighted by molar-refractivity contribution is -0.119. The molecule has 0 spiro atoms. The molecule has 2 aromatic rings. The predicted octanol–water partition coefficient (Wildman–Crippen LogP) is 1.90. The van der Waals surface area contributed by atoms with E-state index >= 15 is 0 Å². The van der Waals surface area contributed by atoms with Gasteiger partial charge in [0.05, 0.1) is 12.2 Å². The average Bonchev–Trinajstić information content (AvgIpc) is 2.48. The number of rotatable bonds is 6. The first-order chi connectivity index (χ1) is 9.74. The van der Waals surface area contributed by atoms with E-state index in [-0.39, 0.29) is 12.5 Å². The fourth-order valence-electron chi connectivity index (χ4n) is 1.60. The lowest BCUT2D eigenvalue weighted by Gasteiger charge is -2.07. The summed E-state index contributed by atoms with van der Waals surface area (Å²) in [4.78, 5) is 19.7. The molecular formula is C14H15ClN4O. The molecule has 104 valence electrons. The molecule has 1 amide bonds. The van der Waals surface area contributed by atoms with Gasteiger partial charge in [0.1, 0.15) is 0 Å². The highest BCUT2D eigenvalue weighted by Crippen LogP contribution is 2.12. The fraction of sp³-hybridized carbons (Fsp3) is 0.214. The van der Waals surface area contributed by atoms with E-state index in [2.05, 4.69) is 20.6 Å². The van der Waals surface area contributed by atoms with Gasteiger partial charge in [0, 0.05) is 42.3 Å². The Morgan fingerprint density at radius 3 is 2.70 bits per heavy atom. The zero-order valence-electron chi connectivity index (χ0n) is 10.8. The summed E-state index contributed by atoms with van der Waals surface area (Å²) in [6, 6.07) is 7.20. The molecule has 6 heteroatoms. The number of benzene rings is 1. The monoisotopic (exact) mass is 290 g/mol. The minimum Gasteiger partial charge on any atom is -0.376 e. The van der Waals surface area contributed by atoms with E-state index < -0.39 is 0 Å². The number of nitrogens with zero attached hydrogens (tertiary/aromatic N) is 2. The Hall–Kier alpha value is -2.14. The number of amides is 1. The summed E-state index contributed by atoms with van der Waals surface area (Å²) >= 11 is 5.78. The molecule has 2 N–H and O–H groups in total. The minimum absolute atomic E-state index is 0.0659. The van der Waals surface area contributed by atoms with E-state index in [1.54, 1.807) is 30.7 Å². The molecular weight excluding hydrogens is 276 g/mol. The molecule has 5 nitrogen and oxygen atoms in total. The molecule has 0 saturated carbocycles. The van der Waals surface area contributed by atoms with E-state index in [0.29, 0.717) is 18.0 Å². The largest absolute Gasteiger partial charge is 0.376 e. The second-order valence-electron chi connectivity index (χ2n) is 4.16. The van der Waals surface area contributed by atoms with Gasteiger partial charge in [-0.25, -0.2) is 0 Å². The number of carbonyl (C=O) groups is 1. The fourth-order valence-corrected chi connectivity index (χ4v) is 1.73. The number of anilines is 1.